The second-order valence-corrected chi connectivity index (χ2v) is 8.24. The summed E-state index contributed by atoms with van der Waals surface area (Å²) in [4.78, 5) is 44.3. The molecule has 1 amide bonds. The van der Waals surface area contributed by atoms with Crippen LogP contribution in [-0.2, 0) is 11.2 Å². The van der Waals surface area contributed by atoms with Gasteiger partial charge in [0.25, 0.3) is 5.56 Å². The van der Waals surface area contributed by atoms with Gasteiger partial charge in [0.1, 0.15) is 11.6 Å². The first-order chi connectivity index (χ1) is 15.5. The smallest absolute Gasteiger partial charge is 0.325 e. The van der Waals surface area contributed by atoms with E-state index in [0.717, 1.165) is 0 Å². The average molecular weight is 472 g/mol. The van der Waals surface area contributed by atoms with Crippen LogP contribution in [0.1, 0.15) is 11.5 Å². The number of nitrogens with one attached hydrogen (secondary N) is 3. The molecule has 4 aromatic rings. The number of aromatic nitrogens is 6. The molecule has 0 aliphatic heterocycles. The number of nitrogens with zero attached hydrogens (tertiary/aromatic N) is 4. The highest BCUT2D eigenvalue weighted by Crippen LogP contribution is 2.25. The maximum atomic E-state index is 12.3. The number of carbonyl (C=O) groups excluding carboxylic acids is 1. The van der Waals surface area contributed by atoms with Gasteiger partial charge in [0.2, 0.25) is 5.91 Å². The highest BCUT2D eigenvalue weighted by Gasteiger charge is 2.18. The predicted molar refractivity (Wildman–Crippen MR) is 120 cm³/mol. The van der Waals surface area contributed by atoms with E-state index >= 15 is 0 Å². The third-order valence-corrected chi connectivity index (χ3v) is 5.81. The monoisotopic (exact) mass is 471 g/mol. The quantitative estimate of drug-likeness (QED) is 0.327. The number of thioether (sulfide) groups is 1. The van der Waals surface area contributed by atoms with Gasteiger partial charge in [-0.25, -0.2) is 9.78 Å². The number of aromatic amines is 2. The standard InChI is InChI=1S/C19H17N7O4S2/c1-30-13-4-2-3-12(9-13)26-14(7-11-8-15(27)22-17(29)21-11)24-25-19(26)32-10-16(28)23-18-20-5-6-31-18/h2-6,8-9H,7,10H2,1H3,(H,20,23,28)(H2,21,22,27,29). The van der Waals surface area contributed by atoms with E-state index in [0.29, 0.717) is 33.2 Å². The number of benzene rings is 1. The van der Waals surface area contributed by atoms with Gasteiger partial charge in [-0.1, -0.05) is 17.8 Å². The SMILES string of the molecule is COc1cccc(-n2c(Cc3cc(=O)[nH]c(=O)[nH]3)nnc2SCC(=O)Nc2nccs2)c1. The number of thiazole rings is 1. The topological polar surface area (TPSA) is 148 Å². The van der Waals surface area contributed by atoms with Crippen molar-refractivity contribution < 1.29 is 9.53 Å². The molecule has 0 radical (unpaired) electrons. The van der Waals surface area contributed by atoms with Crippen LogP contribution in [0, 0.1) is 0 Å². The Balaban J connectivity index is 1.64. The van der Waals surface area contributed by atoms with Crippen LogP contribution >= 0.6 is 23.1 Å². The second kappa shape index (κ2) is 9.62. The molecule has 13 heteroatoms. The van der Waals surface area contributed by atoms with Crippen molar-refractivity contribution in [3.8, 4) is 11.4 Å². The lowest BCUT2D eigenvalue weighted by Gasteiger charge is -2.11. The summed E-state index contributed by atoms with van der Waals surface area (Å²) in [5.41, 5.74) is -0.0224. The zero-order valence-corrected chi connectivity index (χ0v) is 18.3. The van der Waals surface area contributed by atoms with E-state index in [1.807, 2.05) is 12.1 Å². The van der Waals surface area contributed by atoms with E-state index in [1.165, 1.54) is 29.2 Å². The molecule has 0 saturated heterocycles. The summed E-state index contributed by atoms with van der Waals surface area (Å²) in [7, 11) is 1.56. The van der Waals surface area contributed by atoms with Gasteiger partial charge in [0.15, 0.2) is 10.3 Å². The van der Waals surface area contributed by atoms with Crippen molar-refractivity contribution in [2.45, 2.75) is 11.6 Å². The number of anilines is 1. The molecule has 4 rings (SSSR count). The van der Waals surface area contributed by atoms with E-state index in [1.54, 1.807) is 35.4 Å². The number of methoxy groups -OCH3 is 1. The van der Waals surface area contributed by atoms with E-state index < -0.39 is 11.2 Å². The van der Waals surface area contributed by atoms with Crippen molar-refractivity contribution in [1.29, 1.82) is 0 Å². The highest BCUT2D eigenvalue weighted by molar-refractivity contribution is 7.99. The molecule has 0 spiro atoms. The molecule has 0 aliphatic rings. The molecule has 11 nitrogen and oxygen atoms in total. The van der Waals surface area contributed by atoms with Crippen LogP contribution in [0.2, 0.25) is 0 Å². The van der Waals surface area contributed by atoms with Crippen LogP contribution in [0.4, 0.5) is 5.13 Å². The number of hydrogen-bond donors (Lipinski definition) is 3. The molecule has 0 atom stereocenters. The van der Waals surface area contributed by atoms with Crippen molar-refractivity contribution in [1.82, 2.24) is 29.7 Å². The molecule has 3 heterocycles. The fourth-order valence-corrected chi connectivity index (χ4v) is 4.19. The zero-order chi connectivity index (χ0) is 22.5. The Bertz CT molecular complexity index is 1320. The Hall–Kier alpha value is -3.71. The number of amides is 1. The Kier molecular flexibility index (Phi) is 6.47. The number of ether oxygens (including phenoxy) is 1. The normalized spacial score (nSPS) is 10.8. The van der Waals surface area contributed by atoms with E-state index in [2.05, 4.69) is 30.5 Å². The first kappa shape index (κ1) is 21.5. The van der Waals surface area contributed by atoms with Crippen molar-refractivity contribution >= 4 is 34.1 Å². The molecule has 0 saturated carbocycles. The van der Waals surface area contributed by atoms with Gasteiger partial charge in [-0.3, -0.25) is 19.1 Å². The minimum absolute atomic E-state index is 0.0868. The van der Waals surface area contributed by atoms with Gasteiger partial charge >= 0.3 is 5.69 Å². The van der Waals surface area contributed by atoms with Crippen LogP contribution < -0.4 is 21.3 Å². The van der Waals surface area contributed by atoms with Gasteiger partial charge < -0.3 is 15.0 Å². The van der Waals surface area contributed by atoms with Crippen molar-refractivity contribution in [2.75, 3.05) is 18.2 Å². The number of carbonyl (C=O) groups is 1. The lowest BCUT2D eigenvalue weighted by molar-refractivity contribution is -0.113. The molecular weight excluding hydrogens is 454 g/mol. The molecular formula is C19H17N7O4S2. The summed E-state index contributed by atoms with van der Waals surface area (Å²) < 4.78 is 7.07. The maximum absolute atomic E-state index is 12.3. The van der Waals surface area contributed by atoms with Gasteiger partial charge in [-0.2, -0.15) is 0 Å². The van der Waals surface area contributed by atoms with E-state index in [-0.39, 0.29) is 18.1 Å². The molecule has 0 unspecified atom stereocenters. The van der Waals surface area contributed by atoms with Crippen molar-refractivity contribution in [3.05, 3.63) is 74.3 Å². The second-order valence-electron chi connectivity index (χ2n) is 6.40. The first-order valence-corrected chi connectivity index (χ1v) is 11.1. The molecule has 164 valence electrons. The summed E-state index contributed by atoms with van der Waals surface area (Å²) in [6.45, 7) is 0. The molecule has 3 aromatic heterocycles. The molecule has 0 bridgehead atoms. The van der Waals surface area contributed by atoms with Crippen LogP contribution in [0.25, 0.3) is 5.69 Å². The predicted octanol–water partition coefficient (Wildman–Crippen LogP) is 1.43. The largest absolute Gasteiger partial charge is 0.497 e. The number of rotatable bonds is 8. The lowest BCUT2D eigenvalue weighted by atomic mass is 10.2. The van der Waals surface area contributed by atoms with Crippen molar-refractivity contribution in [2.24, 2.45) is 0 Å². The lowest BCUT2D eigenvalue weighted by Crippen LogP contribution is -2.23. The molecule has 0 aliphatic carbocycles. The molecule has 0 fully saturated rings. The summed E-state index contributed by atoms with van der Waals surface area (Å²) in [5, 5.41) is 13.9. The molecule has 3 N–H and O–H groups in total. The third kappa shape index (κ3) is 5.12. The minimum Gasteiger partial charge on any atom is -0.497 e. The maximum Gasteiger partial charge on any atom is 0.325 e. The average Bonchev–Trinajstić information content (AvgIpc) is 3.41. The fraction of sp³-hybridized carbons (Fsp3) is 0.158. The van der Waals surface area contributed by atoms with Gasteiger partial charge in [-0.15, -0.1) is 21.5 Å². The van der Waals surface area contributed by atoms with Crippen LogP contribution in [-0.4, -0.2) is 48.5 Å². The van der Waals surface area contributed by atoms with Gasteiger partial charge in [0.05, 0.1) is 18.6 Å². The summed E-state index contributed by atoms with van der Waals surface area (Å²) in [6, 6.07) is 8.55. The minimum atomic E-state index is -0.603. The van der Waals surface area contributed by atoms with Gasteiger partial charge in [-0.05, 0) is 12.1 Å². The first-order valence-electron chi connectivity index (χ1n) is 9.25. The summed E-state index contributed by atoms with van der Waals surface area (Å²) in [5.74, 6) is 0.959. The Morgan fingerprint density at radius 1 is 1.25 bits per heavy atom. The Labute approximate surface area is 188 Å². The molecule has 1 aromatic carbocycles. The fourth-order valence-electron chi connectivity index (χ4n) is 2.87. The molecule has 32 heavy (non-hydrogen) atoms. The zero-order valence-electron chi connectivity index (χ0n) is 16.7. The van der Waals surface area contributed by atoms with Crippen LogP contribution in [0.5, 0.6) is 5.75 Å². The third-order valence-electron chi connectivity index (χ3n) is 4.19. The van der Waals surface area contributed by atoms with E-state index in [4.69, 9.17) is 4.74 Å². The highest BCUT2D eigenvalue weighted by atomic mass is 32.2. The Morgan fingerprint density at radius 2 is 2.12 bits per heavy atom. The number of hydrogen-bond acceptors (Lipinski definition) is 9. The van der Waals surface area contributed by atoms with Crippen molar-refractivity contribution in [3.63, 3.8) is 0 Å². The van der Waals surface area contributed by atoms with Gasteiger partial charge in [0, 0.05) is 35.8 Å². The van der Waals surface area contributed by atoms with Crippen LogP contribution in [0.3, 0.4) is 0 Å². The Morgan fingerprint density at radius 3 is 2.88 bits per heavy atom. The summed E-state index contributed by atoms with van der Waals surface area (Å²) >= 11 is 2.52. The number of H-pyrrole nitrogens is 2. The summed E-state index contributed by atoms with van der Waals surface area (Å²) in [6.07, 6.45) is 1.76. The van der Waals surface area contributed by atoms with Crippen LogP contribution in [0.15, 0.2) is 56.7 Å². The van der Waals surface area contributed by atoms with E-state index in [9.17, 15) is 14.4 Å².